The quantitative estimate of drug-likeness (QED) is 0.652. The Kier molecular flexibility index (Phi) is 7.96. The van der Waals surface area contributed by atoms with Crippen LogP contribution in [0.1, 0.15) is 59.3 Å². The first kappa shape index (κ1) is 16.9. The molecule has 1 saturated carbocycles. The van der Waals surface area contributed by atoms with Gasteiger partial charge in [0, 0.05) is 13.7 Å². The molecule has 1 unspecified atom stereocenters. The summed E-state index contributed by atoms with van der Waals surface area (Å²) < 4.78 is 11.8. The molecule has 0 saturated heterocycles. The molecule has 0 aliphatic heterocycles. The second-order valence-electron chi connectivity index (χ2n) is 6.03. The smallest absolute Gasteiger partial charge is 0.0853 e. The summed E-state index contributed by atoms with van der Waals surface area (Å²) in [5.74, 6) is 0.840. The maximum atomic E-state index is 5.97. The van der Waals surface area contributed by atoms with Crippen LogP contribution < -0.4 is 5.32 Å². The summed E-state index contributed by atoms with van der Waals surface area (Å²) in [5, 5.41) is 3.65. The van der Waals surface area contributed by atoms with Crippen molar-refractivity contribution in [2.45, 2.75) is 70.9 Å². The van der Waals surface area contributed by atoms with Crippen molar-refractivity contribution in [2.75, 3.05) is 26.9 Å². The maximum Gasteiger partial charge on any atom is 0.0853 e. The predicted molar refractivity (Wildman–Crippen MR) is 80.6 cm³/mol. The van der Waals surface area contributed by atoms with E-state index in [0.717, 1.165) is 51.4 Å². The molecule has 0 aromatic heterocycles. The lowest BCUT2D eigenvalue weighted by atomic mass is 9.75. The molecule has 0 aromatic rings. The van der Waals surface area contributed by atoms with Crippen molar-refractivity contribution in [1.29, 1.82) is 0 Å². The highest BCUT2D eigenvalue weighted by Gasteiger charge is 2.41. The molecule has 1 fully saturated rings. The number of methoxy groups -OCH3 is 1. The van der Waals surface area contributed by atoms with Gasteiger partial charge in [-0.15, -0.1) is 0 Å². The SMILES string of the molecule is CCCNC(COCCC)C1(OC)CCC(C)CC1. The van der Waals surface area contributed by atoms with Gasteiger partial charge in [-0.3, -0.25) is 0 Å². The number of ether oxygens (including phenoxy) is 2. The average molecular weight is 271 g/mol. The minimum absolute atomic E-state index is 0.0184. The monoisotopic (exact) mass is 271 g/mol. The van der Waals surface area contributed by atoms with Crippen molar-refractivity contribution < 1.29 is 9.47 Å². The van der Waals surface area contributed by atoms with E-state index in [-0.39, 0.29) is 5.60 Å². The van der Waals surface area contributed by atoms with E-state index < -0.39 is 0 Å². The molecule has 0 aromatic carbocycles. The van der Waals surface area contributed by atoms with Crippen molar-refractivity contribution in [3.05, 3.63) is 0 Å². The van der Waals surface area contributed by atoms with Crippen LogP contribution in [0.25, 0.3) is 0 Å². The first-order valence-corrected chi connectivity index (χ1v) is 8.04. The highest BCUT2D eigenvalue weighted by Crippen LogP contribution is 2.37. The molecule has 0 spiro atoms. The Morgan fingerprint density at radius 2 is 1.89 bits per heavy atom. The molecular formula is C16H33NO2. The van der Waals surface area contributed by atoms with Gasteiger partial charge in [0.15, 0.2) is 0 Å². The van der Waals surface area contributed by atoms with Crippen LogP contribution >= 0.6 is 0 Å². The number of nitrogens with one attached hydrogen (secondary N) is 1. The third-order valence-electron chi connectivity index (χ3n) is 4.44. The molecule has 1 atom stereocenters. The van der Waals surface area contributed by atoms with Gasteiger partial charge in [0.05, 0.1) is 18.2 Å². The largest absolute Gasteiger partial charge is 0.380 e. The van der Waals surface area contributed by atoms with Crippen molar-refractivity contribution in [3.8, 4) is 0 Å². The Labute approximate surface area is 119 Å². The van der Waals surface area contributed by atoms with Gasteiger partial charge in [-0.05, 0) is 51.0 Å². The molecule has 0 amide bonds. The predicted octanol–water partition coefficient (Wildman–Crippen LogP) is 3.38. The maximum absolute atomic E-state index is 5.97. The number of hydrogen-bond donors (Lipinski definition) is 1. The third kappa shape index (κ3) is 5.05. The van der Waals surface area contributed by atoms with Gasteiger partial charge >= 0.3 is 0 Å². The lowest BCUT2D eigenvalue weighted by Crippen LogP contribution is -2.56. The minimum atomic E-state index is -0.0184. The fourth-order valence-corrected chi connectivity index (χ4v) is 3.01. The lowest BCUT2D eigenvalue weighted by Gasteiger charge is -2.44. The van der Waals surface area contributed by atoms with E-state index in [0.29, 0.717) is 6.04 Å². The van der Waals surface area contributed by atoms with Gasteiger partial charge in [-0.2, -0.15) is 0 Å². The highest BCUT2D eigenvalue weighted by atomic mass is 16.5. The summed E-state index contributed by atoms with van der Waals surface area (Å²) in [4.78, 5) is 0. The molecule has 0 radical (unpaired) electrons. The summed E-state index contributed by atoms with van der Waals surface area (Å²) in [6.07, 6.45) is 7.08. The van der Waals surface area contributed by atoms with E-state index >= 15 is 0 Å². The molecule has 3 heteroatoms. The minimum Gasteiger partial charge on any atom is -0.380 e. The van der Waals surface area contributed by atoms with Crippen molar-refractivity contribution in [2.24, 2.45) is 5.92 Å². The molecule has 1 rings (SSSR count). The van der Waals surface area contributed by atoms with Crippen LogP contribution in [-0.4, -0.2) is 38.5 Å². The Bertz CT molecular complexity index is 225. The first-order valence-electron chi connectivity index (χ1n) is 8.04. The third-order valence-corrected chi connectivity index (χ3v) is 4.44. The zero-order valence-electron chi connectivity index (χ0n) is 13.3. The number of rotatable bonds is 9. The normalized spacial score (nSPS) is 29.4. The Morgan fingerprint density at radius 1 is 1.21 bits per heavy atom. The number of hydrogen-bond acceptors (Lipinski definition) is 3. The molecule has 0 bridgehead atoms. The molecular weight excluding hydrogens is 238 g/mol. The summed E-state index contributed by atoms with van der Waals surface area (Å²) in [6, 6.07) is 0.330. The van der Waals surface area contributed by atoms with Crippen LogP contribution in [0, 0.1) is 5.92 Å². The Morgan fingerprint density at radius 3 is 2.42 bits per heavy atom. The molecule has 19 heavy (non-hydrogen) atoms. The summed E-state index contributed by atoms with van der Waals surface area (Å²) in [7, 11) is 1.87. The van der Waals surface area contributed by atoms with Gasteiger partial charge in [0.1, 0.15) is 0 Å². The molecule has 1 aliphatic carbocycles. The zero-order valence-corrected chi connectivity index (χ0v) is 13.3. The van der Waals surface area contributed by atoms with Crippen molar-refractivity contribution >= 4 is 0 Å². The van der Waals surface area contributed by atoms with Crippen LogP contribution in [0.2, 0.25) is 0 Å². The van der Waals surface area contributed by atoms with Crippen LogP contribution in [0.5, 0.6) is 0 Å². The fourth-order valence-electron chi connectivity index (χ4n) is 3.01. The van der Waals surface area contributed by atoms with Crippen LogP contribution in [0.3, 0.4) is 0 Å². The van der Waals surface area contributed by atoms with Crippen molar-refractivity contribution in [3.63, 3.8) is 0 Å². The molecule has 1 N–H and O–H groups in total. The lowest BCUT2D eigenvalue weighted by molar-refractivity contribution is -0.0923. The fraction of sp³-hybridized carbons (Fsp3) is 1.00. The standard InChI is InChI=1S/C16H33NO2/c1-5-11-17-15(13-19-12-6-2)16(18-4)9-7-14(3)8-10-16/h14-15,17H,5-13H2,1-4H3. The zero-order chi connectivity index (χ0) is 14.1. The first-order chi connectivity index (χ1) is 9.18. The van der Waals surface area contributed by atoms with E-state index in [1.807, 2.05) is 7.11 Å². The Balaban J connectivity index is 2.62. The molecule has 3 nitrogen and oxygen atoms in total. The van der Waals surface area contributed by atoms with Crippen LogP contribution in [0.4, 0.5) is 0 Å². The van der Waals surface area contributed by atoms with E-state index in [4.69, 9.17) is 9.47 Å². The van der Waals surface area contributed by atoms with Gasteiger partial charge in [-0.1, -0.05) is 20.8 Å². The van der Waals surface area contributed by atoms with E-state index in [2.05, 4.69) is 26.1 Å². The second-order valence-corrected chi connectivity index (χ2v) is 6.03. The highest BCUT2D eigenvalue weighted by molar-refractivity contribution is 4.96. The van der Waals surface area contributed by atoms with E-state index in [1.54, 1.807) is 0 Å². The molecule has 1 aliphatic rings. The van der Waals surface area contributed by atoms with Crippen molar-refractivity contribution in [1.82, 2.24) is 5.32 Å². The van der Waals surface area contributed by atoms with Gasteiger partial charge in [0.25, 0.3) is 0 Å². The van der Waals surface area contributed by atoms with Crippen LogP contribution in [0.15, 0.2) is 0 Å². The summed E-state index contributed by atoms with van der Waals surface area (Å²) in [5.41, 5.74) is -0.0184. The summed E-state index contributed by atoms with van der Waals surface area (Å²) >= 11 is 0. The Hall–Kier alpha value is -0.120. The second kappa shape index (κ2) is 8.93. The van der Waals surface area contributed by atoms with Gasteiger partial charge < -0.3 is 14.8 Å². The molecule has 114 valence electrons. The summed E-state index contributed by atoms with van der Waals surface area (Å²) in [6.45, 7) is 9.38. The van der Waals surface area contributed by atoms with Crippen LogP contribution in [-0.2, 0) is 9.47 Å². The van der Waals surface area contributed by atoms with Gasteiger partial charge in [0.2, 0.25) is 0 Å². The van der Waals surface area contributed by atoms with Gasteiger partial charge in [-0.25, -0.2) is 0 Å². The van der Waals surface area contributed by atoms with E-state index in [9.17, 15) is 0 Å². The van der Waals surface area contributed by atoms with E-state index in [1.165, 1.54) is 12.8 Å². The topological polar surface area (TPSA) is 30.5 Å². The average Bonchev–Trinajstić information content (AvgIpc) is 2.44. The molecule has 0 heterocycles.